The third-order valence-corrected chi connectivity index (χ3v) is 8.66. The standard InChI is InChI=1S/C23H29N3O5/c1-21(2)13-7-8-22(21,3)17(10-13)24-18(27)11-26-19(28)23(4,25-20(26)29)14-5-6-15-16(9-14)31-12-30-15/h5-6,9,13,17H,7-8,10-12H2,1-4H3,(H,24,27)(H,25,29)/t13-,17-,22-,23+/m1/s1. The molecule has 1 aromatic carbocycles. The Balaban J connectivity index is 1.30. The van der Waals surface area contributed by atoms with Gasteiger partial charge in [0.25, 0.3) is 5.91 Å². The predicted molar refractivity (Wildman–Crippen MR) is 111 cm³/mol. The van der Waals surface area contributed by atoms with Gasteiger partial charge in [0.1, 0.15) is 12.1 Å². The zero-order valence-electron chi connectivity index (χ0n) is 18.4. The zero-order chi connectivity index (χ0) is 22.2. The van der Waals surface area contributed by atoms with Gasteiger partial charge in [0.05, 0.1) is 0 Å². The van der Waals surface area contributed by atoms with Crippen LogP contribution in [0.15, 0.2) is 18.2 Å². The lowest BCUT2D eigenvalue weighted by atomic mass is 9.69. The molecule has 4 amide bonds. The number of ether oxygens (including phenoxy) is 2. The zero-order valence-corrected chi connectivity index (χ0v) is 18.4. The predicted octanol–water partition coefficient (Wildman–Crippen LogP) is 2.51. The fourth-order valence-electron chi connectivity index (χ4n) is 6.05. The summed E-state index contributed by atoms with van der Waals surface area (Å²) in [4.78, 5) is 39.7. The van der Waals surface area contributed by atoms with Gasteiger partial charge in [-0.2, -0.15) is 0 Å². The van der Waals surface area contributed by atoms with Gasteiger partial charge in [-0.25, -0.2) is 4.79 Å². The molecule has 8 nitrogen and oxygen atoms in total. The molecular formula is C23H29N3O5. The molecule has 2 saturated carbocycles. The van der Waals surface area contributed by atoms with Gasteiger partial charge in [0.15, 0.2) is 11.5 Å². The molecule has 8 heteroatoms. The second-order valence-electron chi connectivity index (χ2n) is 10.2. The molecule has 5 rings (SSSR count). The van der Waals surface area contributed by atoms with E-state index in [-0.39, 0.29) is 36.1 Å². The first-order chi connectivity index (χ1) is 14.6. The maximum absolute atomic E-state index is 13.2. The summed E-state index contributed by atoms with van der Waals surface area (Å²) in [5.74, 6) is 0.972. The molecule has 2 N–H and O–H groups in total. The van der Waals surface area contributed by atoms with Gasteiger partial charge >= 0.3 is 6.03 Å². The molecule has 0 radical (unpaired) electrons. The monoisotopic (exact) mass is 427 g/mol. The number of rotatable bonds is 4. The summed E-state index contributed by atoms with van der Waals surface area (Å²) in [6.45, 7) is 8.29. The smallest absolute Gasteiger partial charge is 0.325 e. The van der Waals surface area contributed by atoms with Crippen LogP contribution in [0, 0.1) is 16.7 Å². The van der Waals surface area contributed by atoms with Crippen LogP contribution in [0.3, 0.4) is 0 Å². The van der Waals surface area contributed by atoms with Crippen LogP contribution in [0.5, 0.6) is 11.5 Å². The summed E-state index contributed by atoms with van der Waals surface area (Å²) in [5, 5.41) is 5.87. The van der Waals surface area contributed by atoms with E-state index in [9.17, 15) is 14.4 Å². The molecule has 0 aromatic heterocycles. The van der Waals surface area contributed by atoms with Crippen LogP contribution in [0.25, 0.3) is 0 Å². The molecule has 4 aliphatic rings. The molecule has 31 heavy (non-hydrogen) atoms. The summed E-state index contributed by atoms with van der Waals surface area (Å²) in [7, 11) is 0. The normalized spacial score (nSPS) is 34.9. The minimum absolute atomic E-state index is 0.0333. The molecule has 2 heterocycles. The van der Waals surface area contributed by atoms with E-state index in [2.05, 4.69) is 31.4 Å². The van der Waals surface area contributed by atoms with E-state index < -0.39 is 17.5 Å². The second-order valence-corrected chi connectivity index (χ2v) is 10.2. The Hall–Kier alpha value is -2.77. The number of urea groups is 1. The van der Waals surface area contributed by atoms with E-state index in [4.69, 9.17) is 9.47 Å². The van der Waals surface area contributed by atoms with E-state index in [0.717, 1.165) is 17.7 Å². The van der Waals surface area contributed by atoms with Gasteiger partial charge in [-0.05, 0) is 60.6 Å². The van der Waals surface area contributed by atoms with Crippen molar-refractivity contribution in [1.29, 1.82) is 0 Å². The minimum atomic E-state index is -1.27. The van der Waals surface area contributed by atoms with Crippen molar-refractivity contribution in [2.45, 2.75) is 58.5 Å². The van der Waals surface area contributed by atoms with Gasteiger partial charge in [-0.1, -0.05) is 26.8 Å². The fraction of sp³-hybridized carbons (Fsp3) is 0.609. The first kappa shape index (κ1) is 20.2. The Bertz CT molecular complexity index is 991. The highest BCUT2D eigenvalue weighted by Crippen LogP contribution is 2.65. The number of carbonyl (C=O) groups excluding carboxylic acids is 3. The topological polar surface area (TPSA) is 97.0 Å². The van der Waals surface area contributed by atoms with Gasteiger partial charge in [0.2, 0.25) is 12.7 Å². The highest BCUT2D eigenvalue weighted by molar-refractivity contribution is 6.09. The van der Waals surface area contributed by atoms with Crippen molar-refractivity contribution in [3.05, 3.63) is 23.8 Å². The lowest BCUT2D eigenvalue weighted by Crippen LogP contribution is -2.50. The number of benzene rings is 1. The average Bonchev–Trinajstić information content (AvgIpc) is 3.38. The highest BCUT2D eigenvalue weighted by atomic mass is 16.7. The maximum Gasteiger partial charge on any atom is 0.325 e. The molecule has 2 aliphatic heterocycles. The van der Waals surface area contributed by atoms with Gasteiger partial charge < -0.3 is 20.1 Å². The van der Waals surface area contributed by atoms with Crippen molar-refractivity contribution in [2.75, 3.05) is 13.3 Å². The molecule has 3 fully saturated rings. The van der Waals surface area contributed by atoms with E-state index in [0.29, 0.717) is 23.0 Å². The van der Waals surface area contributed by atoms with Crippen LogP contribution in [0.1, 0.15) is 52.5 Å². The summed E-state index contributed by atoms with van der Waals surface area (Å²) >= 11 is 0. The molecule has 1 saturated heterocycles. The highest BCUT2D eigenvalue weighted by Gasteiger charge is 2.61. The molecule has 0 unspecified atom stereocenters. The van der Waals surface area contributed by atoms with E-state index in [1.54, 1.807) is 25.1 Å². The number of amides is 4. The first-order valence-electron chi connectivity index (χ1n) is 10.9. The number of hydrogen-bond donors (Lipinski definition) is 2. The molecule has 0 spiro atoms. The summed E-state index contributed by atoms with van der Waals surface area (Å²) in [6.07, 6.45) is 3.22. The molecule has 2 aliphatic carbocycles. The van der Waals surface area contributed by atoms with Crippen LogP contribution < -0.4 is 20.1 Å². The maximum atomic E-state index is 13.2. The molecule has 2 bridgehead atoms. The number of fused-ring (bicyclic) bond motifs is 3. The van der Waals surface area contributed by atoms with E-state index in [1.807, 2.05) is 0 Å². The molecular weight excluding hydrogens is 398 g/mol. The molecule has 1 aromatic rings. The third kappa shape index (κ3) is 2.69. The molecule has 166 valence electrons. The minimum Gasteiger partial charge on any atom is -0.454 e. The lowest BCUT2D eigenvalue weighted by molar-refractivity contribution is -0.135. The SMILES string of the molecule is CC1(C)[C@@H]2CC[C@]1(C)[C@H](NC(=O)CN1C(=O)N[C@@](C)(c3ccc4c(c3)OCO4)C1=O)C2. The third-order valence-electron chi connectivity index (χ3n) is 8.66. The molecule has 4 atom stereocenters. The van der Waals surface area contributed by atoms with Crippen LogP contribution in [-0.2, 0) is 15.1 Å². The Labute approximate surface area is 181 Å². The Morgan fingerprint density at radius 3 is 2.61 bits per heavy atom. The number of imide groups is 1. The van der Waals surface area contributed by atoms with Crippen LogP contribution >= 0.6 is 0 Å². The van der Waals surface area contributed by atoms with Crippen LogP contribution in [0.4, 0.5) is 4.79 Å². The van der Waals surface area contributed by atoms with Crippen molar-refractivity contribution in [3.63, 3.8) is 0 Å². The van der Waals surface area contributed by atoms with Gasteiger partial charge in [-0.3, -0.25) is 14.5 Å². The van der Waals surface area contributed by atoms with Gasteiger partial charge in [-0.15, -0.1) is 0 Å². The van der Waals surface area contributed by atoms with Gasteiger partial charge in [0, 0.05) is 6.04 Å². The number of hydrogen-bond acceptors (Lipinski definition) is 5. The van der Waals surface area contributed by atoms with Crippen molar-refractivity contribution in [2.24, 2.45) is 16.7 Å². The van der Waals surface area contributed by atoms with Crippen LogP contribution in [-0.4, -0.2) is 42.1 Å². The fourth-order valence-corrected chi connectivity index (χ4v) is 6.05. The number of nitrogens with zero attached hydrogens (tertiary/aromatic N) is 1. The summed E-state index contributed by atoms with van der Waals surface area (Å²) in [5.41, 5.74) is -0.478. The van der Waals surface area contributed by atoms with E-state index in [1.165, 1.54) is 6.42 Å². The van der Waals surface area contributed by atoms with Crippen molar-refractivity contribution in [1.82, 2.24) is 15.5 Å². The average molecular weight is 428 g/mol. The Morgan fingerprint density at radius 1 is 1.19 bits per heavy atom. The summed E-state index contributed by atoms with van der Waals surface area (Å²) < 4.78 is 10.7. The van der Waals surface area contributed by atoms with E-state index >= 15 is 0 Å². The second kappa shape index (κ2) is 6.37. The number of carbonyl (C=O) groups is 3. The quantitative estimate of drug-likeness (QED) is 0.720. The van der Waals surface area contributed by atoms with Crippen LogP contribution in [0.2, 0.25) is 0 Å². The van der Waals surface area contributed by atoms with Crippen molar-refractivity contribution < 1.29 is 23.9 Å². The summed E-state index contributed by atoms with van der Waals surface area (Å²) in [6, 6.07) is 4.64. The first-order valence-corrected chi connectivity index (χ1v) is 10.9. The largest absolute Gasteiger partial charge is 0.454 e. The lowest BCUT2D eigenvalue weighted by Gasteiger charge is -2.39. The Morgan fingerprint density at radius 2 is 1.94 bits per heavy atom. The Kier molecular flexibility index (Phi) is 4.14. The van der Waals surface area contributed by atoms with Crippen molar-refractivity contribution >= 4 is 17.8 Å². The number of nitrogens with one attached hydrogen (secondary N) is 2. The van der Waals surface area contributed by atoms with Crippen molar-refractivity contribution in [3.8, 4) is 11.5 Å².